The summed E-state index contributed by atoms with van der Waals surface area (Å²) in [4.78, 5) is 10.6. The second-order valence-corrected chi connectivity index (χ2v) is 3.46. The van der Waals surface area contributed by atoms with Crippen LogP contribution in [0.3, 0.4) is 0 Å². The smallest absolute Gasteiger partial charge is 0.323 e. The fraction of sp³-hybridized carbons (Fsp3) is 0.625. The van der Waals surface area contributed by atoms with Crippen LogP contribution in [-0.4, -0.2) is 23.2 Å². The Morgan fingerprint density at radius 1 is 1.67 bits per heavy atom. The van der Waals surface area contributed by atoms with E-state index in [1.807, 2.05) is 6.92 Å². The Morgan fingerprint density at radius 2 is 2.17 bits per heavy atom. The Bertz CT molecular complexity index is 199. The molecule has 0 aliphatic carbocycles. The first-order chi connectivity index (χ1) is 5.40. The van der Waals surface area contributed by atoms with Crippen molar-refractivity contribution in [2.45, 2.75) is 26.3 Å². The zero-order chi connectivity index (χ0) is 9.78. The third-order valence-electron chi connectivity index (χ3n) is 1.53. The van der Waals surface area contributed by atoms with E-state index in [0.29, 0.717) is 6.54 Å². The van der Waals surface area contributed by atoms with Gasteiger partial charge in [-0.15, -0.1) is 0 Å². The van der Waals surface area contributed by atoms with Gasteiger partial charge in [0.2, 0.25) is 0 Å². The lowest BCUT2D eigenvalue weighted by atomic mass is 10.1. The number of carboxylic acids is 1. The number of hydrogen-bond acceptors (Lipinski definition) is 2. The Hall–Kier alpha value is -0.540. The van der Waals surface area contributed by atoms with Crippen molar-refractivity contribution in [1.82, 2.24) is 5.32 Å². The molecule has 0 fully saturated rings. The summed E-state index contributed by atoms with van der Waals surface area (Å²) in [5.74, 6) is -0.870. The number of aliphatic carboxylic acids is 1. The van der Waals surface area contributed by atoms with Crippen molar-refractivity contribution in [3.63, 3.8) is 0 Å². The topological polar surface area (TPSA) is 49.3 Å². The molecule has 12 heavy (non-hydrogen) atoms. The number of nitrogens with one attached hydrogen (secondary N) is 1. The van der Waals surface area contributed by atoms with Crippen LogP contribution in [0.5, 0.6) is 0 Å². The Balaban J connectivity index is 4.01. The number of carboxylic acid groups (broad SMARTS) is 1. The number of carbonyl (C=O) groups is 1. The van der Waals surface area contributed by atoms with Crippen molar-refractivity contribution in [2.75, 3.05) is 6.54 Å². The molecular weight excluding hydrogens is 178 g/mol. The molecule has 0 atom stereocenters. The van der Waals surface area contributed by atoms with Gasteiger partial charge in [0.25, 0.3) is 0 Å². The van der Waals surface area contributed by atoms with Gasteiger partial charge in [0.1, 0.15) is 5.54 Å². The molecule has 0 aromatic carbocycles. The zero-order valence-electron chi connectivity index (χ0n) is 7.52. The molecule has 0 aromatic rings. The van der Waals surface area contributed by atoms with Crippen LogP contribution in [0, 0.1) is 0 Å². The van der Waals surface area contributed by atoms with Crippen molar-refractivity contribution >= 4 is 17.6 Å². The molecule has 0 saturated carbocycles. The van der Waals surface area contributed by atoms with E-state index in [-0.39, 0.29) is 0 Å². The molecule has 2 N–H and O–H groups in total. The lowest BCUT2D eigenvalue weighted by Gasteiger charge is -2.20. The first kappa shape index (κ1) is 11.5. The van der Waals surface area contributed by atoms with E-state index in [0.717, 1.165) is 5.57 Å². The minimum absolute atomic E-state index is 0.489. The first-order valence-electron chi connectivity index (χ1n) is 3.64. The van der Waals surface area contributed by atoms with E-state index >= 15 is 0 Å². The average Bonchev–Trinajstić information content (AvgIpc) is 2.00. The van der Waals surface area contributed by atoms with Crippen LogP contribution >= 0.6 is 11.6 Å². The summed E-state index contributed by atoms with van der Waals surface area (Å²) in [6.45, 7) is 5.54. The second-order valence-electron chi connectivity index (χ2n) is 3.24. The van der Waals surface area contributed by atoms with E-state index in [4.69, 9.17) is 16.7 Å². The standard InChI is InChI=1S/C8H14ClNO2/c1-6(4-9)5-10-8(2,3)7(11)12/h4,10H,5H2,1-3H3,(H,11,12). The molecule has 4 heteroatoms. The first-order valence-corrected chi connectivity index (χ1v) is 4.08. The maximum atomic E-state index is 10.6. The Kier molecular flexibility index (Phi) is 4.28. The predicted molar refractivity (Wildman–Crippen MR) is 49.3 cm³/mol. The van der Waals surface area contributed by atoms with E-state index in [1.165, 1.54) is 5.54 Å². The van der Waals surface area contributed by atoms with Crippen molar-refractivity contribution in [1.29, 1.82) is 0 Å². The third-order valence-corrected chi connectivity index (χ3v) is 1.90. The van der Waals surface area contributed by atoms with Crippen molar-refractivity contribution < 1.29 is 9.90 Å². The predicted octanol–water partition coefficient (Wildman–Crippen LogP) is 1.58. The molecule has 0 bridgehead atoms. The van der Waals surface area contributed by atoms with E-state index in [2.05, 4.69) is 5.32 Å². The largest absolute Gasteiger partial charge is 0.480 e. The van der Waals surface area contributed by atoms with Crippen LogP contribution < -0.4 is 5.32 Å². The summed E-state index contributed by atoms with van der Waals surface area (Å²) in [5, 5.41) is 11.6. The molecular formula is C8H14ClNO2. The quantitative estimate of drug-likeness (QED) is 0.710. The number of hydrogen-bond donors (Lipinski definition) is 2. The lowest BCUT2D eigenvalue weighted by molar-refractivity contribution is -0.143. The van der Waals surface area contributed by atoms with Crippen molar-refractivity contribution in [3.8, 4) is 0 Å². The van der Waals surface area contributed by atoms with Gasteiger partial charge in [-0.25, -0.2) is 0 Å². The Labute approximate surface area is 77.4 Å². The van der Waals surface area contributed by atoms with Gasteiger partial charge in [-0.05, 0) is 26.3 Å². The van der Waals surface area contributed by atoms with Crippen LogP contribution in [0.1, 0.15) is 20.8 Å². The number of rotatable bonds is 4. The van der Waals surface area contributed by atoms with Crippen LogP contribution in [0.25, 0.3) is 0 Å². The van der Waals surface area contributed by atoms with Crippen molar-refractivity contribution in [2.24, 2.45) is 0 Å². The molecule has 0 radical (unpaired) electrons. The molecule has 0 saturated heterocycles. The molecule has 70 valence electrons. The highest BCUT2D eigenvalue weighted by Gasteiger charge is 2.25. The normalized spacial score (nSPS) is 13.2. The van der Waals surface area contributed by atoms with Gasteiger partial charge in [-0.3, -0.25) is 10.1 Å². The minimum Gasteiger partial charge on any atom is -0.480 e. The summed E-state index contributed by atoms with van der Waals surface area (Å²) in [6, 6.07) is 0. The van der Waals surface area contributed by atoms with Crippen molar-refractivity contribution in [3.05, 3.63) is 11.1 Å². The monoisotopic (exact) mass is 191 g/mol. The van der Waals surface area contributed by atoms with E-state index < -0.39 is 11.5 Å². The lowest BCUT2D eigenvalue weighted by Crippen LogP contribution is -2.47. The molecule has 0 amide bonds. The molecule has 0 aliphatic rings. The van der Waals surface area contributed by atoms with Gasteiger partial charge in [0, 0.05) is 12.1 Å². The van der Waals surface area contributed by atoms with Gasteiger partial charge < -0.3 is 5.11 Å². The van der Waals surface area contributed by atoms with Crippen LogP contribution in [0.4, 0.5) is 0 Å². The van der Waals surface area contributed by atoms with Gasteiger partial charge in [0.05, 0.1) is 0 Å². The van der Waals surface area contributed by atoms with Gasteiger partial charge in [-0.1, -0.05) is 11.6 Å². The summed E-state index contributed by atoms with van der Waals surface area (Å²) >= 11 is 5.41. The molecule has 0 heterocycles. The molecule has 0 aromatic heterocycles. The van der Waals surface area contributed by atoms with Gasteiger partial charge >= 0.3 is 5.97 Å². The van der Waals surface area contributed by atoms with Crippen LogP contribution in [-0.2, 0) is 4.79 Å². The zero-order valence-corrected chi connectivity index (χ0v) is 8.27. The van der Waals surface area contributed by atoms with Crippen LogP contribution in [0.2, 0.25) is 0 Å². The average molecular weight is 192 g/mol. The highest BCUT2D eigenvalue weighted by Crippen LogP contribution is 2.03. The van der Waals surface area contributed by atoms with Gasteiger partial charge in [0.15, 0.2) is 0 Å². The Morgan fingerprint density at radius 3 is 2.50 bits per heavy atom. The third kappa shape index (κ3) is 3.74. The molecule has 3 nitrogen and oxygen atoms in total. The molecule has 0 spiro atoms. The van der Waals surface area contributed by atoms with E-state index in [1.54, 1.807) is 13.8 Å². The summed E-state index contributed by atoms with van der Waals surface area (Å²) in [7, 11) is 0. The molecule has 0 aliphatic heterocycles. The molecule has 0 rings (SSSR count). The molecule has 0 unspecified atom stereocenters. The highest BCUT2D eigenvalue weighted by atomic mass is 35.5. The van der Waals surface area contributed by atoms with Gasteiger partial charge in [-0.2, -0.15) is 0 Å². The maximum absolute atomic E-state index is 10.6. The minimum atomic E-state index is -0.902. The summed E-state index contributed by atoms with van der Waals surface area (Å²) in [6.07, 6.45) is 0. The van der Waals surface area contributed by atoms with Crippen LogP contribution in [0.15, 0.2) is 11.1 Å². The number of halogens is 1. The maximum Gasteiger partial charge on any atom is 0.323 e. The fourth-order valence-electron chi connectivity index (χ4n) is 0.475. The second kappa shape index (κ2) is 4.48. The summed E-state index contributed by atoms with van der Waals surface area (Å²) < 4.78 is 0. The highest BCUT2D eigenvalue weighted by molar-refractivity contribution is 6.25. The fourth-order valence-corrected chi connectivity index (χ4v) is 0.552. The SMILES string of the molecule is CC(=CCl)CNC(C)(C)C(=O)O. The van der Waals surface area contributed by atoms with E-state index in [9.17, 15) is 4.79 Å². The summed E-state index contributed by atoms with van der Waals surface area (Å²) in [5.41, 5.74) is 1.44.